The van der Waals surface area contributed by atoms with Crippen LogP contribution in [0, 0.1) is 24.0 Å². The van der Waals surface area contributed by atoms with Gasteiger partial charge >= 0.3 is 5.88 Å². The fraction of sp³-hybridized carbons (Fsp3) is 0.214. The Morgan fingerprint density at radius 1 is 1.16 bits per heavy atom. The predicted molar refractivity (Wildman–Crippen MR) is 90.0 cm³/mol. The zero-order valence-corrected chi connectivity index (χ0v) is 15.0. The Bertz CT molecular complexity index is 995. The van der Waals surface area contributed by atoms with Crippen molar-refractivity contribution in [2.45, 2.75) is 23.6 Å². The minimum absolute atomic E-state index is 0.0460. The van der Waals surface area contributed by atoms with Gasteiger partial charge in [0, 0.05) is 23.0 Å². The van der Waals surface area contributed by atoms with Crippen LogP contribution in [-0.2, 0) is 19.9 Å². The molecule has 0 bridgehead atoms. The molecule has 1 N–H and O–H groups in total. The Labute approximate surface area is 144 Å². The number of nitro groups is 1. The first-order chi connectivity index (χ1) is 11.5. The van der Waals surface area contributed by atoms with E-state index in [-0.39, 0.29) is 26.6 Å². The van der Waals surface area contributed by atoms with Crippen molar-refractivity contribution in [3.05, 3.63) is 57.9 Å². The number of hydrogen-bond donors (Lipinski definition) is 1. The maximum atomic E-state index is 12.3. The lowest BCUT2D eigenvalue weighted by Crippen LogP contribution is -2.18. The lowest BCUT2D eigenvalue weighted by atomic mass is 10.1. The van der Waals surface area contributed by atoms with E-state index in [9.17, 15) is 26.9 Å². The van der Waals surface area contributed by atoms with Crippen molar-refractivity contribution in [3.63, 3.8) is 0 Å². The van der Waals surface area contributed by atoms with E-state index >= 15 is 0 Å². The van der Waals surface area contributed by atoms with Crippen molar-refractivity contribution in [2.75, 3.05) is 10.6 Å². The van der Waals surface area contributed by atoms with Crippen LogP contribution in [-0.4, -0.2) is 32.6 Å². The Balaban J connectivity index is 2.43. The molecule has 9 nitrogen and oxygen atoms in total. The topological polar surface area (TPSA) is 136 Å². The minimum Gasteiger partial charge on any atom is -0.280 e. The molecule has 0 fully saturated rings. The Kier molecular flexibility index (Phi) is 5.09. The summed E-state index contributed by atoms with van der Waals surface area (Å²) in [6.07, 6.45) is 2.61. The van der Waals surface area contributed by atoms with E-state index in [4.69, 9.17) is 0 Å². The number of sulfone groups is 1. The van der Waals surface area contributed by atoms with E-state index in [1.54, 1.807) is 0 Å². The molecule has 0 amide bonds. The van der Waals surface area contributed by atoms with Crippen molar-refractivity contribution < 1.29 is 21.8 Å². The molecule has 0 saturated carbocycles. The van der Waals surface area contributed by atoms with Gasteiger partial charge in [-0.15, -0.1) is 0 Å². The summed E-state index contributed by atoms with van der Waals surface area (Å²) < 4.78 is 51.2. The molecular formula is C14H15N3O6S2. The molecule has 0 aliphatic carbocycles. The number of sulfonamides is 1. The van der Waals surface area contributed by atoms with Crippen LogP contribution in [0.3, 0.4) is 0 Å². The summed E-state index contributed by atoms with van der Waals surface area (Å²) in [6.45, 7) is 2.89. The van der Waals surface area contributed by atoms with Crippen LogP contribution in [0.25, 0.3) is 0 Å². The summed E-state index contributed by atoms with van der Waals surface area (Å²) in [5.74, 6) is -1.23. The van der Waals surface area contributed by atoms with Crippen molar-refractivity contribution in [1.29, 1.82) is 0 Å². The molecule has 1 heterocycles. The van der Waals surface area contributed by atoms with Crippen LogP contribution >= 0.6 is 0 Å². The fourth-order valence-electron chi connectivity index (χ4n) is 2.42. The summed E-state index contributed by atoms with van der Waals surface area (Å²) in [4.78, 5) is 13.1. The Morgan fingerprint density at radius 2 is 1.76 bits per heavy atom. The maximum absolute atomic E-state index is 12.3. The third kappa shape index (κ3) is 4.31. The number of anilines is 1. The summed E-state index contributed by atoms with van der Waals surface area (Å²) in [6, 6.07) is 5.46. The second-order valence-electron chi connectivity index (χ2n) is 5.31. The lowest BCUT2D eigenvalue weighted by Gasteiger charge is -2.13. The first-order valence-corrected chi connectivity index (χ1v) is 10.0. The van der Waals surface area contributed by atoms with Gasteiger partial charge < -0.3 is 0 Å². The van der Waals surface area contributed by atoms with Gasteiger partial charge in [-0.3, -0.25) is 19.8 Å². The van der Waals surface area contributed by atoms with E-state index < -0.39 is 30.7 Å². The van der Waals surface area contributed by atoms with E-state index in [0.717, 1.165) is 0 Å². The van der Waals surface area contributed by atoms with Crippen molar-refractivity contribution in [3.8, 4) is 0 Å². The van der Waals surface area contributed by atoms with Gasteiger partial charge in [0.05, 0.1) is 4.90 Å². The third-order valence-corrected chi connectivity index (χ3v) is 6.43. The highest BCUT2D eigenvalue weighted by molar-refractivity contribution is 7.92. The molecule has 0 aliphatic rings. The van der Waals surface area contributed by atoms with Gasteiger partial charge in [0.15, 0.2) is 0 Å². The monoisotopic (exact) mass is 385 g/mol. The number of hydrogen-bond acceptors (Lipinski definition) is 7. The smallest absolute Gasteiger partial charge is 0.280 e. The molecule has 0 unspecified atom stereocenters. The first-order valence-electron chi connectivity index (χ1n) is 6.91. The molecule has 0 spiro atoms. The van der Waals surface area contributed by atoms with E-state index in [1.807, 2.05) is 0 Å². The van der Waals surface area contributed by atoms with E-state index in [0.29, 0.717) is 0 Å². The normalized spacial score (nSPS) is 11.9. The molecule has 2 aromatic rings. The average Bonchev–Trinajstić information content (AvgIpc) is 2.45. The largest absolute Gasteiger partial charge is 0.305 e. The highest BCUT2D eigenvalue weighted by Gasteiger charge is 2.26. The molecule has 1 aromatic carbocycles. The SMILES string of the molecule is Cc1cc(NS(=O)(=O)c2cccnc2)cc(C)c1S(=O)(=O)C[N+](=O)[O-]. The van der Waals surface area contributed by atoms with Gasteiger partial charge in [0.1, 0.15) is 4.90 Å². The molecule has 25 heavy (non-hydrogen) atoms. The molecule has 134 valence electrons. The van der Waals surface area contributed by atoms with E-state index in [1.165, 1.54) is 50.5 Å². The Morgan fingerprint density at radius 3 is 2.24 bits per heavy atom. The molecule has 0 saturated heterocycles. The molecule has 11 heteroatoms. The van der Waals surface area contributed by atoms with Gasteiger partial charge in [-0.25, -0.2) is 16.8 Å². The van der Waals surface area contributed by atoms with Gasteiger partial charge in [-0.1, -0.05) is 0 Å². The number of aromatic nitrogens is 1. The van der Waals surface area contributed by atoms with E-state index in [2.05, 4.69) is 9.71 Å². The molecule has 0 aliphatic heterocycles. The fourth-order valence-corrected chi connectivity index (χ4v) is 4.93. The zero-order valence-electron chi connectivity index (χ0n) is 13.3. The van der Waals surface area contributed by atoms with Crippen molar-refractivity contribution in [1.82, 2.24) is 4.98 Å². The third-order valence-electron chi connectivity index (χ3n) is 3.24. The molecule has 0 atom stereocenters. The zero-order chi connectivity index (χ0) is 18.8. The highest BCUT2D eigenvalue weighted by Crippen LogP contribution is 2.27. The second kappa shape index (κ2) is 6.76. The predicted octanol–water partition coefficient (Wildman–Crippen LogP) is 1.51. The molecule has 1 aromatic heterocycles. The van der Waals surface area contributed by atoms with Gasteiger partial charge in [-0.2, -0.15) is 0 Å². The first kappa shape index (κ1) is 18.8. The van der Waals surface area contributed by atoms with Crippen molar-refractivity contribution >= 4 is 25.5 Å². The average molecular weight is 385 g/mol. The summed E-state index contributed by atoms with van der Waals surface area (Å²) in [5, 5.41) is 10.6. The minimum atomic E-state index is -4.12. The molecule has 2 rings (SSSR count). The quantitative estimate of drug-likeness (QED) is 0.588. The van der Waals surface area contributed by atoms with Crippen LogP contribution in [0.5, 0.6) is 0 Å². The Hall–Kier alpha value is -2.53. The summed E-state index contributed by atoms with van der Waals surface area (Å²) in [7, 11) is -8.00. The van der Waals surface area contributed by atoms with Crippen molar-refractivity contribution in [2.24, 2.45) is 0 Å². The van der Waals surface area contributed by atoms with Crippen LogP contribution in [0.15, 0.2) is 46.5 Å². The standard InChI is InChI=1S/C14H15N3O6S2/c1-10-6-12(16-25(22,23)13-4-3-5-15-8-13)7-11(2)14(10)24(20,21)9-17(18)19/h3-8,16H,9H2,1-2H3. The second-order valence-corrected chi connectivity index (χ2v) is 8.89. The molecular weight excluding hydrogens is 370 g/mol. The maximum Gasteiger partial charge on any atom is 0.305 e. The molecule has 0 radical (unpaired) electrons. The van der Waals surface area contributed by atoms with Crippen LogP contribution in [0.2, 0.25) is 0 Å². The number of nitrogens with zero attached hydrogens (tertiary/aromatic N) is 2. The number of nitrogens with one attached hydrogen (secondary N) is 1. The number of pyridine rings is 1. The van der Waals surface area contributed by atoms with Crippen LogP contribution in [0.4, 0.5) is 5.69 Å². The highest BCUT2D eigenvalue weighted by atomic mass is 32.2. The number of rotatable bonds is 6. The van der Waals surface area contributed by atoms with Crippen LogP contribution < -0.4 is 4.72 Å². The number of benzene rings is 1. The number of aryl methyl sites for hydroxylation is 2. The van der Waals surface area contributed by atoms with Gasteiger partial charge in [0.2, 0.25) is 9.84 Å². The van der Waals surface area contributed by atoms with Gasteiger partial charge in [-0.05, 0) is 49.2 Å². The van der Waals surface area contributed by atoms with Crippen LogP contribution in [0.1, 0.15) is 11.1 Å². The summed E-state index contributed by atoms with van der Waals surface area (Å²) >= 11 is 0. The van der Waals surface area contributed by atoms with Gasteiger partial charge in [0.25, 0.3) is 10.0 Å². The lowest BCUT2D eigenvalue weighted by molar-refractivity contribution is -0.458. The summed E-state index contributed by atoms with van der Waals surface area (Å²) in [5.41, 5.74) is 0.579.